The van der Waals surface area contributed by atoms with Crippen LogP contribution < -0.4 is 0 Å². The van der Waals surface area contributed by atoms with Crippen molar-refractivity contribution in [2.24, 2.45) is 0 Å². The van der Waals surface area contributed by atoms with Gasteiger partial charge >= 0.3 is 0 Å². The molecule has 1 heterocycles. The second kappa shape index (κ2) is 3.76. The molecule has 0 aliphatic heterocycles. The Hall–Kier alpha value is -1.78. The standard InChI is InChI=1S/C10H8F2N3/c1-7-13-6-15(14-7)5-8-2-3-9(11)4-10(8)12/h2-4,6H,1,5H2. The van der Waals surface area contributed by atoms with Gasteiger partial charge in [-0.3, -0.25) is 0 Å². The summed E-state index contributed by atoms with van der Waals surface area (Å²) in [6.07, 6.45) is 1.45. The highest BCUT2D eigenvalue weighted by atomic mass is 19.1. The molecule has 1 aromatic heterocycles. The zero-order valence-corrected chi connectivity index (χ0v) is 7.82. The van der Waals surface area contributed by atoms with E-state index in [0.29, 0.717) is 11.4 Å². The molecule has 0 amide bonds. The SMILES string of the molecule is [CH2]c1ncn(Cc2ccc(F)cc2F)n1. The van der Waals surface area contributed by atoms with E-state index in [9.17, 15) is 8.78 Å². The van der Waals surface area contributed by atoms with E-state index < -0.39 is 11.6 Å². The van der Waals surface area contributed by atoms with Crippen molar-refractivity contribution in [3.63, 3.8) is 0 Å². The van der Waals surface area contributed by atoms with Gasteiger partial charge in [-0.05, 0) is 6.07 Å². The van der Waals surface area contributed by atoms with E-state index in [4.69, 9.17) is 0 Å². The maximum atomic E-state index is 13.2. The normalized spacial score (nSPS) is 10.6. The molecule has 77 valence electrons. The Morgan fingerprint density at radius 2 is 2.13 bits per heavy atom. The number of halogens is 2. The molecular formula is C10H8F2N3. The predicted molar refractivity (Wildman–Crippen MR) is 49.9 cm³/mol. The van der Waals surface area contributed by atoms with E-state index in [1.54, 1.807) is 0 Å². The first-order valence-electron chi connectivity index (χ1n) is 4.30. The maximum absolute atomic E-state index is 13.2. The molecule has 0 spiro atoms. The van der Waals surface area contributed by atoms with Crippen LogP contribution in [-0.4, -0.2) is 14.8 Å². The topological polar surface area (TPSA) is 30.7 Å². The lowest BCUT2D eigenvalue weighted by Crippen LogP contribution is -2.03. The first kappa shape index (κ1) is 9.76. The van der Waals surface area contributed by atoms with Crippen LogP contribution in [0.25, 0.3) is 0 Å². The average Bonchev–Trinajstić information content (AvgIpc) is 2.56. The van der Waals surface area contributed by atoms with Crippen LogP contribution in [0.15, 0.2) is 24.5 Å². The number of aromatic nitrogens is 3. The van der Waals surface area contributed by atoms with E-state index in [2.05, 4.69) is 17.0 Å². The van der Waals surface area contributed by atoms with Crippen LogP contribution in [0, 0.1) is 18.6 Å². The Balaban J connectivity index is 2.24. The highest BCUT2D eigenvalue weighted by Gasteiger charge is 2.05. The molecule has 1 radical (unpaired) electrons. The van der Waals surface area contributed by atoms with Crippen molar-refractivity contribution in [1.82, 2.24) is 14.8 Å². The largest absolute Gasteiger partial charge is 0.248 e. The van der Waals surface area contributed by atoms with Gasteiger partial charge in [-0.15, -0.1) is 0 Å². The molecule has 0 saturated carbocycles. The fraction of sp³-hybridized carbons (Fsp3) is 0.100. The van der Waals surface area contributed by atoms with E-state index in [0.717, 1.165) is 6.07 Å². The van der Waals surface area contributed by atoms with Crippen LogP contribution in [0.1, 0.15) is 11.4 Å². The summed E-state index contributed by atoms with van der Waals surface area (Å²) in [5, 5.41) is 3.90. The Kier molecular flexibility index (Phi) is 2.45. The van der Waals surface area contributed by atoms with Gasteiger partial charge in [0.15, 0.2) is 5.82 Å². The van der Waals surface area contributed by atoms with Crippen molar-refractivity contribution in [1.29, 1.82) is 0 Å². The first-order chi connectivity index (χ1) is 7.15. The van der Waals surface area contributed by atoms with Gasteiger partial charge < -0.3 is 0 Å². The van der Waals surface area contributed by atoms with Crippen molar-refractivity contribution in [3.8, 4) is 0 Å². The maximum Gasteiger partial charge on any atom is 0.151 e. The minimum Gasteiger partial charge on any atom is -0.248 e. The third-order valence-corrected chi connectivity index (χ3v) is 1.93. The Morgan fingerprint density at radius 1 is 1.33 bits per heavy atom. The molecule has 0 aliphatic rings. The van der Waals surface area contributed by atoms with Crippen LogP contribution in [0.4, 0.5) is 8.78 Å². The van der Waals surface area contributed by atoms with Gasteiger partial charge in [-0.2, -0.15) is 5.10 Å². The van der Waals surface area contributed by atoms with Crippen molar-refractivity contribution < 1.29 is 8.78 Å². The minimum absolute atomic E-state index is 0.217. The molecule has 2 aromatic rings. The second-order valence-electron chi connectivity index (χ2n) is 3.09. The van der Waals surface area contributed by atoms with E-state index in [1.807, 2.05) is 0 Å². The molecule has 0 aliphatic carbocycles. The lowest BCUT2D eigenvalue weighted by atomic mass is 10.2. The monoisotopic (exact) mass is 208 g/mol. The third-order valence-electron chi connectivity index (χ3n) is 1.93. The summed E-state index contributed by atoms with van der Waals surface area (Å²) in [6.45, 7) is 3.74. The summed E-state index contributed by atoms with van der Waals surface area (Å²) >= 11 is 0. The smallest absolute Gasteiger partial charge is 0.151 e. The fourth-order valence-corrected chi connectivity index (χ4v) is 1.23. The molecule has 1 aromatic carbocycles. The summed E-state index contributed by atoms with van der Waals surface area (Å²) in [6, 6.07) is 3.44. The highest BCUT2D eigenvalue weighted by molar-refractivity contribution is 5.18. The lowest BCUT2D eigenvalue weighted by Gasteiger charge is -2.02. The molecule has 2 rings (SSSR count). The van der Waals surface area contributed by atoms with Crippen molar-refractivity contribution in [3.05, 3.63) is 54.5 Å². The van der Waals surface area contributed by atoms with Gasteiger partial charge in [0.2, 0.25) is 0 Å². The van der Waals surface area contributed by atoms with E-state index >= 15 is 0 Å². The van der Waals surface area contributed by atoms with Crippen molar-refractivity contribution in [2.75, 3.05) is 0 Å². The number of rotatable bonds is 2. The van der Waals surface area contributed by atoms with Crippen molar-refractivity contribution in [2.45, 2.75) is 6.54 Å². The number of hydrogen-bond donors (Lipinski definition) is 0. The Morgan fingerprint density at radius 3 is 2.73 bits per heavy atom. The van der Waals surface area contributed by atoms with Gasteiger partial charge in [0.25, 0.3) is 0 Å². The molecule has 15 heavy (non-hydrogen) atoms. The fourth-order valence-electron chi connectivity index (χ4n) is 1.23. The van der Waals surface area contributed by atoms with Crippen LogP contribution in [-0.2, 0) is 6.54 Å². The molecule has 0 unspecified atom stereocenters. The number of nitrogens with zero attached hydrogens (tertiary/aromatic N) is 3. The summed E-state index contributed by atoms with van der Waals surface area (Å²) < 4.78 is 27.3. The number of benzene rings is 1. The van der Waals surface area contributed by atoms with Gasteiger partial charge in [-0.1, -0.05) is 6.07 Å². The minimum atomic E-state index is -0.590. The van der Waals surface area contributed by atoms with Crippen LogP contribution >= 0.6 is 0 Å². The quantitative estimate of drug-likeness (QED) is 0.753. The zero-order valence-electron chi connectivity index (χ0n) is 7.82. The summed E-state index contributed by atoms with van der Waals surface area (Å²) in [5.74, 6) is -0.804. The molecular weight excluding hydrogens is 200 g/mol. The Labute approximate surface area is 85.4 Å². The predicted octanol–water partition coefficient (Wildman–Crippen LogP) is 1.79. The average molecular weight is 208 g/mol. The molecule has 0 N–H and O–H groups in total. The van der Waals surface area contributed by atoms with Gasteiger partial charge in [0.1, 0.15) is 18.0 Å². The molecule has 0 saturated heterocycles. The molecule has 0 atom stereocenters. The third kappa shape index (κ3) is 2.18. The summed E-state index contributed by atoms with van der Waals surface area (Å²) in [4.78, 5) is 3.80. The van der Waals surface area contributed by atoms with Gasteiger partial charge in [0.05, 0.1) is 6.54 Å². The highest BCUT2D eigenvalue weighted by Crippen LogP contribution is 2.10. The summed E-state index contributed by atoms with van der Waals surface area (Å²) in [7, 11) is 0. The Bertz CT molecular complexity index is 479. The zero-order chi connectivity index (χ0) is 10.8. The lowest BCUT2D eigenvalue weighted by molar-refractivity contribution is 0.558. The number of hydrogen-bond acceptors (Lipinski definition) is 2. The van der Waals surface area contributed by atoms with E-state index in [1.165, 1.54) is 23.1 Å². The van der Waals surface area contributed by atoms with Crippen molar-refractivity contribution >= 4 is 0 Å². The molecule has 5 heteroatoms. The van der Waals surface area contributed by atoms with Gasteiger partial charge in [-0.25, -0.2) is 18.4 Å². The molecule has 3 nitrogen and oxygen atoms in total. The van der Waals surface area contributed by atoms with Gasteiger partial charge in [0, 0.05) is 18.6 Å². The molecule has 0 fully saturated rings. The van der Waals surface area contributed by atoms with Crippen LogP contribution in [0.2, 0.25) is 0 Å². The van der Waals surface area contributed by atoms with Crippen LogP contribution in [0.3, 0.4) is 0 Å². The molecule has 0 bridgehead atoms. The first-order valence-corrected chi connectivity index (χ1v) is 4.30. The van der Waals surface area contributed by atoms with E-state index in [-0.39, 0.29) is 6.54 Å². The second-order valence-corrected chi connectivity index (χ2v) is 3.09. The summed E-state index contributed by atoms with van der Waals surface area (Å²) in [5.41, 5.74) is 0.362. The van der Waals surface area contributed by atoms with Crippen LogP contribution in [0.5, 0.6) is 0 Å².